The molecule has 0 fully saturated rings. The van der Waals surface area contributed by atoms with Crippen LogP contribution in [0.3, 0.4) is 0 Å². The third kappa shape index (κ3) is 3.74. The lowest BCUT2D eigenvalue weighted by atomic mass is 10.2. The van der Waals surface area contributed by atoms with Crippen molar-refractivity contribution in [1.82, 2.24) is 4.98 Å². The van der Waals surface area contributed by atoms with Gasteiger partial charge in [-0.2, -0.15) is 0 Å². The summed E-state index contributed by atoms with van der Waals surface area (Å²) in [7, 11) is 1.52. The Balaban J connectivity index is 1.49. The van der Waals surface area contributed by atoms with Crippen molar-refractivity contribution < 1.29 is 13.9 Å². The Labute approximate surface area is 163 Å². The zero-order valence-electron chi connectivity index (χ0n) is 14.2. The van der Waals surface area contributed by atoms with Crippen molar-refractivity contribution in [3.05, 3.63) is 58.9 Å². The average Bonchev–Trinajstić information content (AvgIpc) is 3.28. The van der Waals surface area contributed by atoms with Crippen LogP contribution in [0.5, 0.6) is 5.75 Å². The second-order valence-corrected chi connectivity index (χ2v) is 6.90. The predicted octanol–water partition coefficient (Wildman–Crippen LogP) is 5.86. The number of nitrogens with zero attached hydrogens (tertiary/aromatic N) is 1. The maximum atomic E-state index is 12.3. The summed E-state index contributed by atoms with van der Waals surface area (Å²) in [5.74, 6) is 1.16. The highest BCUT2D eigenvalue weighted by Crippen LogP contribution is 2.31. The molecule has 0 bridgehead atoms. The van der Waals surface area contributed by atoms with Gasteiger partial charge in [-0.15, -0.1) is 11.3 Å². The molecule has 6 nitrogen and oxygen atoms in total. The third-order valence-corrected chi connectivity index (χ3v) is 4.81. The molecule has 2 aromatic heterocycles. The Morgan fingerprint density at radius 3 is 2.85 bits per heavy atom. The van der Waals surface area contributed by atoms with Crippen molar-refractivity contribution in [1.29, 1.82) is 0 Å². The molecule has 27 heavy (non-hydrogen) atoms. The molecule has 4 rings (SSSR count). The normalized spacial score (nSPS) is 10.7. The van der Waals surface area contributed by atoms with E-state index in [-0.39, 0.29) is 0 Å². The summed E-state index contributed by atoms with van der Waals surface area (Å²) in [5, 5.41) is 9.18. The lowest BCUT2D eigenvalue weighted by Gasteiger charge is -2.10. The molecule has 0 saturated carbocycles. The number of amides is 2. The number of fused-ring (bicyclic) bond motifs is 1. The molecular formula is C19H14ClN3O3S. The summed E-state index contributed by atoms with van der Waals surface area (Å²) in [6, 6.07) is 14.2. The van der Waals surface area contributed by atoms with Gasteiger partial charge in [-0.3, -0.25) is 5.32 Å². The van der Waals surface area contributed by atoms with E-state index in [1.165, 1.54) is 18.4 Å². The van der Waals surface area contributed by atoms with Gasteiger partial charge in [-0.05, 0) is 30.3 Å². The Hall–Kier alpha value is -3.03. The molecule has 0 aliphatic heterocycles. The fraction of sp³-hybridized carbons (Fsp3) is 0.0526. The molecular weight excluding hydrogens is 386 g/mol. The van der Waals surface area contributed by atoms with E-state index in [1.807, 2.05) is 35.7 Å². The largest absolute Gasteiger partial charge is 0.495 e. The van der Waals surface area contributed by atoms with Crippen LogP contribution in [0.1, 0.15) is 0 Å². The van der Waals surface area contributed by atoms with Crippen LogP contribution in [0, 0.1) is 0 Å². The van der Waals surface area contributed by atoms with Gasteiger partial charge in [-0.25, -0.2) is 9.78 Å². The Bertz CT molecular complexity index is 1090. The number of hydrogen-bond acceptors (Lipinski definition) is 5. The van der Waals surface area contributed by atoms with Crippen LogP contribution in [0.2, 0.25) is 5.02 Å². The first kappa shape index (κ1) is 17.4. The summed E-state index contributed by atoms with van der Waals surface area (Å²) < 4.78 is 11.0. The number of carbonyl (C=O) groups excluding carboxylic acids is 1. The first-order chi connectivity index (χ1) is 13.1. The number of rotatable bonds is 4. The number of nitrogens with one attached hydrogen (secondary N) is 2. The van der Waals surface area contributed by atoms with Gasteiger partial charge in [0.15, 0.2) is 10.9 Å². The smallest absolute Gasteiger partial charge is 0.325 e. The molecule has 2 heterocycles. The van der Waals surface area contributed by atoms with Gasteiger partial charge in [0.2, 0.25) is 0 Å². The first-order valence-electron chi connectivity index (χ1n) is 7.98. The van der Waals surface area contributed by atoms with E-state index in [4.69, 9.17) is 20.8 Å². The van der Waals surface area contributed by atoms with Crippen LogP contribution in [0.4, 0.5) is 15.6 Å². The Morgan fingerprint density at radius 2 is 2.04 bits per heavy atom. The number of urea groups is 1. The first-order valence-corrected chi connectivity index (χ1v) is 9.24. The van der Waals surface area contributed by atoms with Gasteiger partial charge in [0, 0.05) is 15.8 Å². The van der Waals surface area contributed by atoms with Crippen LogP contribution in [0.25, 0.3) is 22.4 Å². The molecule has 8 heteroatoms. The lowest BCUT2D eigenvalue weighted by molar-refractivity contribution is 0.262. The number of para-hydroxylation sites is 1. The number of halogens is 1. The van der Waals surface area contributed by atoms with E-state index < -0.39 is 6.03 Å². The molecule has 2 N–H and O–H groups in total. The molecule has 0 saturated heterocycles. The van der Waals surface area contributed by atoms with Crippen molar-refractivity contribution in [2.24, 2.45) is 0 Å². The summed E-state index contributed by atoms with van der Waals surface area (Å²) in [5.41, 5.74) is 1.92. The SMILES string of the molecule is COc1ccc(Cl)cc1NC(=O)Nc1nc(-c2cc3ccccc3o2)cs1. The summed E-state index contributed by atoms with van der Waals surface area (Å²) in [6.07, 6.45) is 0. The lowest BCUT2D eigenvalue weighted by Crippen LogP contribution is -2.19. The third-order valence-electron chi connectivity index (χ3n) is 3.81. The standard InChI is InChI=1S/C19H14ClN3O3S/c1-25-16-7-6-12(20)9-13(16)21-18(24)23-19-22-14(10-27-19)17-8-11-4-2-3-5-15(11)26-17/h2-10H,1H3,(H2,21,22,23,24). The molecule has 4 aromatic rings. The maximum Gasteiger partial charge on any atom is 0.325 e. The molecule has 0 spiro atoms. The summed E-state index contributed by atoms with van der Waals surface area (Å²) in [6.45, 7) is 0. The van der Waals surface area contributed by atoms with Gasteiger partial charge >= 0.3 is 6.03 Å². The molecule has 0 aliphatic carbocycles. The minimum atomic E-state index is -0.443. The van der Waals surface area contributed by atoms with E-state index in [2.05, 4.69) is 15.6 Å². The van der Waals surface area contributed by atoms with Gasteiger partial charge in [-0.1, -0.05) is 29.8 Å². The molecule has 0 atom stereocenters. The number of carbonyl (C=O) groups is 1. The minimum Gasteiger partial charge on any atom is -0.495 e. The molecule has 0 radical (unpaired) electrons. The maximum absolute atomic E-state index is 12.3. The summed E-state index contributed by atoms with van der Waals surface area (Å²) >= 11 is 7.28. The second kappa shape index (κ2) is 7.30. The number of benzene rings is 2. The number of thiazole rings is 1. The predicted molar refractivity (Wildman–Crippen MR) is 108 cm³/mol. The van der Waals surface area contributed by atoms with E-state index in [0.29, 0.717) is 33.0 Å². The van der Waals surface area contributed by atoms with E-state index in [9.17, 15) is 4.79 Å². The molecule has 2 amide bonds. The zero-order chi connectivity index (χ0) is 18.8. The van der Waals surface area contributed by atoms with Gasteiger partial charge < -0.3 is 14.5 Å². The Kier molecular flexibility index (Phi) is 4.70. The van der Waals surface area contributed by atoms with Crippen molar-refractivity contribution in [2.45, 2.75) is 0 Å². The molecule has 0 aliphatic rings. The second-order valence-electron chi connectivity index (χ2n) is 5.61. The fourth-order valence-electron chi connectivity index (χ4n) is 2.58. The number of methoxy groups -OCH3 is 1. The number of hydrogen-bond donors (Lipinski definition) is 2. The highest BCUT2D eigenvalue weighted by Gasteiger charge is 2.13. The molecule has 0 unspecified atom stereocenters. The minimum absolute atomic E-state index is 0.443. The van der Waals surface area contributed by atoms with Crippen LogP contribution < -0.4 is 15.4 Å². The Morgan fingerprint density at radius 1 is 1.19 bits per heavy atom. The van der Waals surface area contributed by atoms with Crippen molar-refractivity contribution in [2.75, 3.05) is 17.7 Å². The van der Waals surface area contributed by atoms with Gasteiger partial charge in [0.05, 0.1) is 12.8 Å². The number of anilines is 2. The van der Waals surface area contributed by atoms with Crippen LogP contribution in [-0.4, -0.2) is 18.1 Å². The van der Waals surface area contributed by atoms with E-state index >= 15 is 0 Å². The highest BCUT2D eigenvalue weighted by molar-refractivity contribution is 7.14. The van der Waals surface area contributed by atoms with Crippen molar-refractivity contribution in [3.63, 3.8) is 0 Å². The van der Waals surface area contributed by atoms with E-state index in [1.54, 1.807) is 18.2 Å². The highest BCUT2D eigenvalue weighted by atomic mass is 35.5. The van der Waals surface area contributed by atoms with Crippen LogP contribution in [0.15, 0.2) is 58.3 Å². The quantitative estimate of drug-likeness (QED) is 0.450. The van der Waals surface area contributed by atoms with Crippen molar-refractivity contribution in [3.8, 4) is 17.2 Å². The zero-order valence-corrected chi connectivity index (χ0v) is 15.7. The summed E-state index contributed by atoms with van der Waals surface area (Å²) in [4.78, 5) is 16.7. The van der Waals surface area contributed by atoms with Gasteiger partial charge in [0.25, 0.3) is 0 Å². The van der Waals surface area contributed by atoms with Crippen LogP contribution >= 0.6 is 22.9 Å². The fourth-order valence-corrected chi connectivity index (χ4v) is 3.45. The molecule has 136 valence electrons. The van der Waals surface area contributed by atoms with Gasteiger partial charge in [0.1, 0.15) is 17.0 Å². The molecule has 2 aromatic carbocycles. The number of furan rings is 1. The average molecular weight is 400 g/mol. The van der Waals surface area contributed by atoms with E-state index in [0.717, 1.165) is 11.0 Å². The van der Waals surface area contributed by atoms with Crippen LogP contribution in [-0.2, 0) is 0 Å². The monoisotopic (exact) mass is 399 g/mol. The topological polar surface area (TPSA) is 76.4 Å². The van der Waals surface area contributed by atoms with Crippen molar-refractivity contribution >= 4 is 50.8 Å². The number of aromatic nitrogens is 1. The number of ether oxygens (including phenoxy) is 1.